The molecule has 0 amide bonds. The lowest BCUT2D eigenvalue weighted by molar-refractivity contribution is 0.552. The summed E-state index contributed by atoms with van der Waals surface area (Å²) in [6.45, 7) is 4.98. The summed E-state index contributed by atoms with van der Waals surface area (Å²) < 4.78 is 2.15. The summed E-state index contributed by atoms with van der Waals surface area (Å²) in [5, 5.41) is 5.57. The predicted molar refractivity (Wildman–Crippen MR) is 77.3 cm³/mol. The van der Waals surface area contributed by atoms with Gasteiger partial charge in [0.25, 0.3) is 0 Å². The lowest BCUT2D eigenvalue weighted by Crippen LogP contribution is -2.20. The highest BCUT2D eigenvalue weighted by molar-refractivity contribution is 7.15. The van der Waals surface area contributed by atoms with Crippen LogP contribution in [0.3, 0.4) is 0 Å². The number of thiazole rings is 1. The van der Waals surface area contributed by atoms with E-state index in [0.29, 0.717) is 0 Å². The summed E-state index contributed by atoms with van der Waals surface area (Å²) in [7, 11) is 0. The van der Waals surface area contributed by atoms with Crippen LogP contribution in [0.1, 0.15) is 30.0 Å². The van der Waals surface area contributed by atoms with Crippen molar-refractivity contribution in [3.05, 3.63) is 53.1 Å². The molecule has 0 saturated heterocycles. The topological polar surface area (TPSA) is 42.2 Å². The van der Waals surface area contributed by atoms with Crippen LogP contribution in [-0.4, -0.2) is 14.4 Å². The Labute approximate surface area is 116 Å². The number of hydrogen-bond donors (Lipinski definition) is 1. The third-order valence-electron chi connectivity index (χ3n) is 3.27. The fourth-order valence-corrected chi connectivity index (χ4v) is 2.92. The van der Waals surface area contributed by atoms with E-state index < -0.39 is 0 Å². The Morgan fingerprint density at radius 2 is 2.32 bits per heavy atom. The van der Waals surface area contributed by atoms with Crippen LogP contribution in [0.2, 0.25) is 0 Å². The second-order valence-corrected chi connectivity index (χ2v) is 5.43. The molecule has 0 fully saturated rings. The molecule has 3 heterocycles. The van der Waals surface area contributed by atoms with E-state index in [1.807, 2.05) is 24.4 Å². The zero-order chi connectivity index (χ0) is 13.2. The quantitative estimate of drug-likeness (QED) is 0.794. The van der Waals surface area contributed by atoms with Crippen molar-refractivity contribution in [2.24, 2.45) is 0 Å². The molecule has 4 nitrogen and oxygen atoms in total. The molecule has 0 radical (unpaired) electrons. The maximum Gasteiger partial charge on any atom is 0.194 e. The third kappa shape index (κ3) is 2.39. The first-order chi connectivity index (χ1) is 9.25. The lowest BCUT2D eigenvalue weighted by atomic mass is 10.2. The number of rotatable bonds is 4. The fourth-order valence-electron chi connectivity index (χ4n) is 2.14. The van der Waals surface area contributed by atoms with Crippen LogP contribution in [-0.2, 0) is 6.54 Å². The van der Waals surface area contributed by atoms with Crippen LogP contribution >= 0.6 is 11.3 Å². The fraction of sp³-hybridized carbons (Fsp3) is 0.286. The normalized spacial score (nSPS) is 12.9. The van der Waals surface area contributed by atoms with Crippen LogP contribution < -0.4 is 5.32 Å². The predicted octanol–water partition coefficient (Wildman–Crippen LogP) is 2.95. The van der Waals surface area contributed by atoms with Crippen molar-refractivity contribution in [1.29, 1.82) is 0 Å². The molecular weight excluding hydrogens is 256 g/mol. The lowest BCUT2D eigenvalue weighted by Gasteiger charge is -2.13. The van der Waals surface area contributed by atoms with Gasteiger partial charge in [-0.15, -0.1) is 11.3 Å². The van der Waals surface area contributed by atoms with Gasteiger partial charge < -0.3 is 5.32 Å². The minimum atomic E-state index is 0.227. The molecule has 0 aromatic carbocycles. The number of pyridine rings is 1. The molecule has 3 aromatic rings. The Morgan fingerprint density at radius 1 is 1.42 bits per heavy atom. The van der Waals surface area contributed by atoms with Gasteiger partial charge in [-0.2, -0.15) is 0 Å². The van der Waals surface area contributed by atoms with Gasteiger partial charge in [-0.25, -0.2) is 4.98 Å². The van der Waals surface area contributed by atoms with Crippen LogP contribution in [0, 0.1) is 6.92 Å². The minimum Gasteiger partial charge on any atom is -0.303 e. The number of aromatic nitrogens is 3. The average Bonchev–Trinajstić information content (AvgIpc) is 2.98. The first-order valence-corrected chi connectivity index (χ1v) is 7.19. The summed E-state index contributed by atoms with van der Waals surface area (Å²) in [5.74, 6) is 0. The van der Waals surface area contributed by atoms with Crippen molar-refractivity contribution in [3.63, 3.8) is 0 Å². The van der Waals surface area contributed by atoms with Gasteiger partial charge in [0, 0.05) is 30.4 Å². The Bertz CT molecular complexity index is 671. The molecular formula is C14H16N4S. The van der Waals surface area contributed by atoms with Gasteiger partial charge in [-0.1, -0.05) is 6.07 Å². The summed E-state index contributed by atoms with van der Waals surface area (Å²) in [4.78, 5) is 9.98. The molecule has 19 heavy (non-hydrogen) atoms. The summed E-state index contributed by atoms with van der Waals surface area (Å²) in [6, 6.07) is 6.22. The maximum atomic E-state index is 4.55. The van der Waals surface area contributed by atoms with Gasteiger partial charge in [-0.05, 0) is 26.0 Å². The molecule has 0 unspecified atom stereocenters. The molecule has 0 spiro atoms. The van der Waals surface area contributed by atoms with E-state index in [9.17, 15) is 0 Å². The van der Waals surface area contributed by atoms with E-state index in [4.69, 9.17) is 0 Å². The molecule has 0 bridgehead atoms. The van der Waals surface area contributed by atoms with Crippen molar-refractivity contribution in [2.75, 3.05) is 0 Å². The molecule has 0 aliphatic heterocycles. The SMILES string of the molecule is Cc1nc2sccn2c1CN[C@H](C)c1ccccn1. The average molecular weight is 272 g/mol. The van der Waals surface area contributed by atoms with Crippen molar-refractivity contribution < 1.29 is 0 Å². The largest absolute Gasteiger partial charge is 0.303 e. The smallest absolute Gasteiger partial charge is 0.194 e. The summed E-state index contributed by atoms with van der Waals surface area (Å²) >= 11 is 1.66. The first kappa shape index (κ1) is 12.3. The molecule has 0 aliphatic carbocycles. The number of aryl methyl sites for hydroxylation is 1. The zero-order valence-electron chi connectivity index (χ0n) is 11.0. The number of fused-ring (bicyclic) bond motifs is 1. The molecule has 3 aromatic heterocycles. The highest BCUT2D eigenvalue weighted by atomic mass is 32.1. The number of hydrogen-bond acceptors (Lipinski definition) is 4. The van der Waals surface area contributed by atoms with Crippen molar-refractivity contribution in [2.45, 2.75) is 26.4 Å². The van der Waals surface area contributed by atoms with E-state index in [1.54, 1.807) is 11.3 Å². The maximum absolute atomic E-state index is 4.55. The van der Waals surface area contributed by atoms with Crippen LogP contribution in [0.25, 0.3) is 4.96 Å². The molecule has 0 saturated carbocycles. The molecule has 1 N–H and O–H groups in total. The zero-order valence-corrected chi connectivity index (χ0v) is 11.8. The minimum absolute atomic E-state index is 0.227. The van der Waals surface area contributed by atoms with Crippen molar-refractivity contribution in [3.8, 4) is 0 Å². The van der Waals surface area contributed by atoms with Gasteiger partial charge >= 0.3 is 0 Å². The van der Waals surface area contributed by atoms with E-state index in [2.05, 4.69) is 45.1 Å². The van der Waals surface area contributed by atoms with Gasteiger partial charge in [-0.3, -0.25) is 9.38 Å². The Morgan fingerprint density at radius 3 is 3.11 bits per heavy atom. The molecule has 98 valence electrons. The van der Waals surface area contributed by atoms with Gasteiger partial charge in [0.1, 0.15) is 0 Å². The third-order valence-corrected chi connectivity index (χ3v) is 4.02. The van der Waals surface area contributed by atoms with Gasteiger partial charge in [0.2, 0.25) is 0 Å². The first-order valence-electron chi connectivity index (χ1n) is 6.31. The number of nitrogens with one attached hydrogen (secondary N) is 1. The molecule has 3 rings (SSSR count). The highest BCUT2D eigenvalue weighted by Crippen LogP contribution is 2.17. The second-order valence-electron chi connectivity index (χ2n) is 4.56. The monoisotopic (exact) mass is 272 g/mol. The van der Waals surface area contributed by atoms with E-state index >= 15 is 0 Å². The Hall–Kier alpha value is -1.72. The van der Waals surface area contributed by atoms with Crippen molar-refractivity contribution >= 4 is 16.3 Å². The van der Waals surface area contributed by atoms with Crippen molar-refractivity contribution in [1.82, 2.24) is 19.7 Å². The summed E-state index contributed by atoms with van der Waals surface area (Å²) in [6.07, 6.45) is 3.90. The second kappa shape index (κ2) is 5.11. The van der Waals surface area contributed by atoms with Gasteiger partial charge in [0.05, 0.1) is 17.1 Å². The van der Waals surface area contributed by atoms with E-state index in [-0.39, 0.29) is 6.04 Å². The highest BCUT2D eigenvalue weighted by Gasteiger charge is 2.11. The summed E-state index contributed by atoms with van der Waals surface area (Å²) in [5.41, 5.74) is 3.37. The standard InChI is InChI=1S/C14H16N4S/c1-10(12-5-3-4-6-15-12)16-9-13-11(2)17-14-18(13)7-8-19-14/h3-8,10,16H,9H2,1-2H3/t10-/m1/s1. The molecule has 0 aliphatic rings. The Balaban J connectivity index is 1.76. The van der Waals surface area contributed by atoms with Gasteiger partial charge in [0.15, 0.2) is 4.96 Å². The Kier molecular flexibility index (Phi) is 3.31. The van der Waals surface area contributed by atoms with Crippen LogP contribution in [0.5, 0.6) is 0 Å². The van der Waals surface area contributed by atoms with E-state index in [1.165, 1.54) is 5.69 Å². The molecule has 5 heteroatoms. The van der Waals surface area contributed by atoms with Crippen LogP contribution in [0.15, 0.2) is 36.0 Å². The van der Waals surface area contributed by atoms with Crippen LogP contribution in [0.4, 0.5) is 0 Å². The molecule has 1 atom stereocenters. The number of imidazole rings is 1. The number of nitrogens with zero attached hydrogens (tertiary/aromatic N) is 3. The van der Waals surface area contributed by atoms with E-state index in [0.717, 1.165) is 22.9 Å².